The van der Waals surface area contributed by atoms with E-state index in [1.54, 1.807) is 30.3 Å². The molecular weight excluding hydrogens is 442 g/mol. The Labute approximate surface area is 195 Å². The van der Waals surface area contributed by atoms with E-state index in [-0.39, 0.29) is 24.0 Å². The number of halogens is 2. The zero-order valence-electron chi connectivity index (χ0n) is 18.4. The Bertz CT molecular complexity index is 1170. The number of aliphatic hydroxyl groups excluding tert-OH is 2. The van der Waals surface area contributed by atoms with Crippen LogP contribution in [0.1, 0.15) is 37.4 Å². The molecule has 3 N–H and O–H groups in total. The summed E-state index contributed by atoms with van der Waals surface area (Å²) < 4.78 is 29.2. The quantitative estimate of drug-likeness (QED) is 0.381. The van der Waals surface area contributed by atoms with Gasteiger partial charge in [0.1, 0.15) is 17.5 Å². The molecule has 2 unspecified atom stereocenters. The minimum atomic E-state index is -1.15. The second-order valence-electron chi connectivity index (χ2n) is 8.55. The highest BCUT2D eigenvalue weighted by Crippen LogP contribution is 2.44. The molecule has 1 fully saturated rings. The number of carboxylic acids is 1. The summed E-state index contributed by atoms with van der Waals surface area (Å²) in [6.45, 7) is 0.360. The van der Waals surface area contributed by atoms with Gasteiger partial charge in [0.05, 0.1) is 30.0 Å². The number of benzene rings is 2. The molecule has 178 valence electrons. The lowest BCUT2D eigenvalue weighted by molar-refractivity contribution is -0.139. The van der Waals surface area contributed by atoms with Crippen LogP contribution >= 0.6 is 0 Å². The standard InChI is InChI=1S/C26H26F2N2O4/c27-19-9-5-16(6-10-19)24-25(17-7-11-20(28)12-8-17)30(26(29-24)18-3-4-18)13-1-2-21(31)14-22(32)15-23(33)34/h1-2,5-12,18,21-22,31-32H,3-4,13-15H2,(H,33,34). The van der Waals surface area contributed by atoms with Crippen molar-refractivity contribution in [1.29, 1.82) is 0 Å². The predicted molar refractivity (Wildman–Crippen MR) is 123 cm³/mol. The number of aliphatic carboxylic acids is 1. The topological polar surface area (TPSA) is 95.6 Å². The molecule has 1 aliphatic carbocycles. The Morgan fingerprint density at radius 2 is 1.62 bits per heavy atom. The Hall–Kier alpha value is -3.36. The molecule has 0 bridgehead atoms. The van der Waals surface area contributed by atoms with Gasteiger partial charge in [0.15, 0.2) is 0 Å². The van der Waals surface area contributed by atoms with Gasteiger partial charge in [0, 0.05) is 30.0 Å². The third-order valence-electron chi connectivity index (χ3n) is 5.74. The number of aliphatic hydroxyl groups is 2. The van der Waals surface area contributed by atoms with Crippen LogP contribution in [0.4, 0.5) is 8.78 Å². The zero-order chi connectivity index (χ0) is 24.2. The van der Waals surface area contributed by atoms with Gasteiger partial charge in [-0.1, -0.05) is 12.2 Å². The van der Waals surface area contributed by atoms with Gasteiger partial charge in [-0.2, -0.15) is 0 Å². The molecule has 0 radical (unpaired) electrons. The number of rotatable bonds is 10. The number of carboxylic acid groups (broad SMARTS) is 1. The third-order valence-corrected chi connectivity index (χ3v) is 5.74. The highest BCUT2D eigenvalue weighted by atomic mass is 19.1. The maximum Gasteiger partial charge on any atom is 0.305 e. The van der Waals surface area contributed by atoms with E-state index in [4.69, 9.17) is 10.1 Å². The number of imidazole rings is 1. The van der Waals surface area contributed by atoms with Crippen LogP contribution in [0, 0.1) is 11.6 Å². The smallest absolute Gasteiger partial charge is 0.305 e. The van der Waals surface area contributed by atoms with Crippen molar-refractivity contribution in [2.45, 2.75) is 50.4 Å². The summed E-state index contributed by atoms with van der Waals surface area (Å²) in [7, 11) is 0. The first-order valence-electron chi connectivity index (χ1n) is 11.2. The van der Waals surface area contributed by atoms with Crippen molar-refractivity contribution in [3.8, 4) is 22.5 Å². The Balaban J connectivity index is 1.68. The lowest BCUT2D eigenvalue weighted by Gasteiger charge is -2.13. The van der Waals surface area contributed by atoms with Crippen LogP contribution in [-0.4, -0.2) is 43.0 Å². The van der Waals surface area contributed by atoms with Crippen LogP contribution in [-0.2, 0) is 11.3 Å². The highest BCUT2D eigenvalue weighted by molar-refractivity contribution is 5.79. The van der Waals surface area contributed by atoms with E-state index in [0.29, 0.717) is 12.2 Å². The summed E-state index contributed by atoms with van der Waals surface area (Å²) >= 11 is 0. The second kappa shape index (κ2) is 10.3. The van der Waals surface area contributed by atoms with Crippen molar-refractivity contribution >= 4 is 5.97 Å². The first-order chi connectivity index (χ1) is 16.3. The fourth-order valence-electron chi connectivity index (χ4n) is 3.98. The van der Waals surface area contributed by atoms with Crippen molar-refractivity contribution in [3.05, 3.63) is 78.1 Å². The maximum absolute atomic E-state index is 13.6. The Kier molecular flexibility index (Phi) is 7.19. The van der Waals surface area contributed by atoms with Crippen LogP contribution in [0.2, 0.25) is 0 Å². The lowest BCUT2D eigenvalue weighted by Crippen LogP contribution is -2.19. The summed E-state index contributed by atoms with van der Waals surface area (Å²) in [5.74, 6) is -0.694. The first kappa shape index (κ1) is 23.8. The average molecular weight is 469 g/mol. The highest BCUT2D eigenvalue weighted by Gasteiger charge is 2.31. The normalized spacial score (nSPS) is 15.5. The lowest BCUT2D eigenvalue weighted by atomic mass is 10.0. The number of aromatic nitrogens is 2. The van der Waals surface area contributed by atoms with Crippen LogP contribution in [0.5, 0.6) is 0 Å². The van der Waals surface area contributed by atoms with Crippen molar-refractivity contribution in [2.75, 3.05) is 0 Å². The Morgan fingerprint density at radius 3 is 2.18 bits per heavy atom. The van der Waals surface area contributed by atoms with Crippen LogP contribution < -0.4 is 0 Å². The number of allylic oxidation sites excluding steroid dienone is 1. The molecule has 1 aliphatic rings. The number of hydrogen-bond acceptors (Lipinski definition) is 4. The Morgan fingerprint density at radius 1 is 1.03 bits per heavy atom. The van der Waals surface area contributed by atoms with E-state index in [9.17, 15) is 23.8 Å². The zero-order valence-corrected chi connectivity index (χ0v) is 18.4. The van der Waals surface area contributed by atoms with E-state index >= 15 is 0 Å². The van der Waals surface area contributed by atoms with Crippen molar-refractivity contribution in [3.63, 3.8) is 0 Å². The monoisotopic (exact) mass is 468 g/mol. The molecule has 0 amide bonds. The van der Waals surface area contributed by atoms with Crippen molar-refractivity contribution in [2.24, 2.45) is 0 Å². The van der Waals surface area contributed by atoms with Crippen molar-refractivity contribution in [1.82, 2.24) is 9.55 Å². The molecule has 3 aromatic rings. The molecule has 1 aromatic heterocycles. The van der Waals surface area contributed by atoms with Gasteiger partial charge in [-0.3, -0.25) is 4.79 Å². The van der Waals surface area contributed by atoms with E-state index in [1.807, 2.05) is 4.57 Å². The summed E-state index contributed by atoms with van der Waals surface area (Å²) in [5, 5.41) is 28.7. The third kappa shape index (κ3) is 5.76. The van der Waals surface area contributed by atoms with Gasteiger partial charge in [-0.15, -0.1) is 0 Å². The van der Waals surface area contributed by atoms with E-state index in [1.165, 1.54) is 30.3 Å². The molecule has 6 nitrogen and oxygen atoms in total. The largest absolute Gasteiger partial charge is 0.481 e. The molecule has 1 saturated carbocycles. The average Bonchev–Trinajstić information content (AvgIpc) is 3.56. The van der Waals surface area contributed by atoms with Crippen LogP contribution in [0.3, 0.4) is 0 Å². The summed E-state index contributed by atoms with van der Waals surface area (Å²) in [4.78, 5) is 15.6. The van der Waals surface area contributed by atoms with Gasteiger partial charge >= 0.3 is 5.97 Å². The van der Waals surface area contributed by atoms with Gasteiger partial charge in [0.25, 0.3) is 0 Å². The fourth-order valence-corrected chi connectivity index (χ4v) is 3.98. The first-order valence-corrected chi connectivity index (χ1v) is 11.2. The summed E-state index contributed by atoms with van der Waals surface area (Å²) in [6.07, 6.45) is 2.58. The molecule has 0 aliphatic heterocycles. The van der Waals surface area contributed by atoms with Gasteiger partial charge < -0.3 is 19.9 Å². The molecule has 4 rings (SSSR count). The predicted octanol–water partition coefficient (Wildman–Crippen LogP) is 4.52. The van der Waals surface area contributed by atoms with Crippen LogP contribution in [0.25, 0.3) is 22.5 Å². The van der Waals surface area contributed by atoms with E-state index < -0.39 is 24.6 Å². The van der Waals surface area contributed by atoms with Crippen molar-refractivity contribution < 1.29 is 28.9 Å². The van der Waals surface area contributed by atoms with Crippen LogP contribution in [0.15, 0.2) is 60.7 Å². The maximum atomic E-state index is 13.6. The molecular formula is C26H26F2N2O4. The summed E-state index contributed by atoms with van der Waals surface area (Å²) in [5.41, 5.74) is 2.92. The SMILES string of the molecule is O=C(O)CC(O)CC(O)C=CCn1c(C2CC2)nc(-c2ccc(F)cc2)c1-c1ccc(F)cc1. The minimum absolute atomic E-state index is 0.0894. The minimum Gasteiger partial charge on any atom is -0.481 e. The second-order valence-corrected chi connectivity index (χ2v) is 8.55. The van der Waals surface area contributed by atoms with Gasteiger partial charge in [-0.25, -0.2) is 13.8 Å². The molecule has 0 spiro atoms. The number of nitrogens with zero attached hydrogens (tertiary/aromatic N) is 2. The summed E-state index contributed by atoms with van der Waals surface area (Å²) in [6, 6.07) is 12.2. The van der Waals surface area contributed by atoms with E-state index in [0.717, 1.165) is 35.5 Å². The molecule has 34 heavy (non-hydrogen) atoms. The molecule has 2 atom stereocenters. The fraction of sp³-hybridized carbons (Fsp3) is 0.308. The van der Waals surface area contributed by atoms with Gasteiger partial charge in [0.2, 0.25) is 0 Å². The number of carbonyl (C=O) groups is 1. The molecule has 0 saturated heterocycles. The molecule has 2 aromatic carbocycles. The van der Waals surface area contributed by atoms with E-state index in [2.05, 4.69) is 0 Å². The number of hydrogen-bond donors (Lipinski definition) is 3. The molecule has 8 heteroatoms. The van der Waals surface area contributed by atoms with Gasteiger partial charge in [-0.05, 0) is 61.4 Å². The molecule has 1 heterocycles.